The second-order valence-corrected chi connectivity index (χ2v) is 5.86. The lowest BCUT2D eigenvalue weighted by Crippen LogP contribution is -2.31. The van der Waals surface area contributed by atoms with Crippen LogP contribution in [0.25, 0.3) is 22.4 Å². The third-order valence-corrected chi connectivity index (χ3v) is 4.09. The average molecular weight is 323 g/mol. The van der Waals surface area contributed by atoms with Crippen molar-refractivity contribution in [2.45, 2.75) is 12.8 Å². The van der Waals surface area contributed by atoms with E-state index in [9.17, 15) is 4.79 Å². The molecule has 0 aromatic carbocycles. The molecular formula is C17H17N5O2. The Hall–Kier alpha value is -2.80. The van der Waals surface area contributed by atoms with Crippen LogP contribution in [0, 0.1) is 0 Å². The van der Waals surface area contributed by atoms with Gasteiger partial charge in [-0.25, -0.2) is 15.0 Å². The molecule has 1 fully saturated rings. The number of amides is 1. The Morgan fingerprint density at radius 1 is 1.25 bits per heavy atom. The second kappa shape index (κ2) is 6.37. The van der Waals surface area contributed by atoms with E-state index in [-0.39, 0.29) is 5.91 Å². The van der Waals surface area contributed by atoms with Crippen LogP contribution in [0.4, 0.5) is 5.82 Å². The maximum atomic E-state index is 12.1. The molecule has 4 heterocycles. The van der Waals surface area contributed by atoms with Gasteiger partial charge in [0.2, 0.25) is 5.91 Å². The minimum Gasteiger partial charge on any atom is -0.442 e. The molecule has 1 N–H and O–H groups in total. The Morgan fingerprint density at radius 3 is 2.92 bits per heavy atom. The van der Waals surface area contributed by atoms with Crippen LogP contribution in [0.15, 0.2) is 41.4 Å². The first-order chi connectivity index (χ1) is 11.8. The number of pyridine rings is 2. The lowest BCUT2D eigenvalue weighted by Gasteiger charge is -2.13. The Labute approximate surface area is 138 Å². The largest absolute Gasteiger partial charge is 0.442 e. The number of nitrogens with zero attached hydrogens (tertiary/aromatic N) is 4. The Balaban J connectivity index is 1.54. The van der Waals surface area contributed by atoms with Gasteiger partial charge in [-0.05, 0) is 38.1 Å². The second-order valence-electron chi connectivity index (χ2n) is 5.86. The minimum atomic E-state index is -0.0462. The lowest BCUT2D eigenvalue weighted by atomic mass is 10.2. The topological polar surface area (TPSA) is 84.2 Å². The quantitative estimate of drug-likeness (QED) is 0.793. The normalized spacial score (nSPS) is 15.0. The zero-order valence-electron chi connectivity index (χ0n) is 13.1. The first kappa shape index (κ1) is 14.8. The van der Waals surface area contributed by atoms with Crippen molar-refractivity contribution in [2.24, 2.45) is 0 Å². The van der Waals surface area contributed by atoms with Crippen molar-refractivity contribution in [2.75, 3.05) is 25.0 Å². The van der Waals surface area contributed by atoms with E-state index in [4.69, 9.17) is 4.42 Å². The summed E-state index contributed by atoms with van der Waals surface area (Å²) in [6.45, 7) is 2.38. The summed E-state index contributed by atoms with van der Waals surface area (Å²) in [4.78, 5) is 27.0. The molecule has 0 atom stereocenters. The zero-order valence-corrected chi connectivity index (χ0v) is 13.1. The minimum absolute atomic E-state index is 0.0462. The van der Waals surface area contributed by atoms with Gasteiger partial charge >= 0.3 is 0 Å². The fraction of sp³-hybridized carbons (Fsp3) is 0.294. The summed E-state index contributed by atoms with van der Waals surface area (Å²) in [5.41, 5.74) is 1.44. The summed E-state index contributed by atoms with van der Waals surface area (Å²) in [7, 11) is 0. The van der Waals surface area contributed by atoms with E-state index >= 15 is 0 Å². The van der Waals surface area contributed by atoms with E-state index in [1.54, 1.807) is 18.5 Å². The molecule has 7 heteroatoms. The zero-order chi connectivity index (χ0) is 16.4. The van der Waals surface area contributed by atoms with Gasteiger partial charge in [-0.15, -0.1) is 0 Å². The molecule has 0 unspecified atom stereocenters. The molecule has 0 saturated carbocycles. The van der Waals surface area contributed by atoms with Crippen molar-refractivity contribution in [1.82, 2.24) is 19.9 Å². The highest BCUT2D eigenvalue weighted by molar-refractivity contribution is 5.93. The fourth-order valence-corrected chi connectivity index (χ4v) is 2.89. The Morgan fingerprint density at radius 2 is 2.12 bits per heavy atom. The fourth-order valence-electron chi connectivity index (χ4n) is 2.89. The number of hydrogen-bond acceptors (Lipinski definition) is 6. The van der Waals surface area contributed by atoms with E-state index in [1.807, 2.05) is 12.1 Å². The van der Waals surface area contributed by atoms with E-state index < -0.39 is 0 Å². The Bertz CT molecular complexity index is 857. The Kier molecular flexibility index (Phi) is 3.92. The van der Waals surface area contributed by atoms with Gasteiger partial charge in [0.1, 0.15) is 11.5 Å². The van der Waals surface area contributed by atoms with Gasteiger partial charge in [0, 0.05) is 17.6 Å². The molecule has 7 nitrogen and oxygen atoms in total. The van der Waals surface area contributed by atoms with Crippen molar-refractivity contribution in [1.29, 1.82) is 0 Å². The SMILES string of the molecule is O=C(CN1CCCC1)Nc1cc2nc(-c3cnco3)ccc2cn1. The first-order valence-electron chi connectivity index (χ1n) is 7.96. The molecule has 24 heavy (non-hydrogen) atoms. The molecular weight excluding hydrogens is 306 g/mol. The molecule has 1 aliphatic rings. The van der Waals surface area contributed by atoms with Crippen LogP contribution in [0.2, 0.25) is 0 Å². The third-order valence-electron chi connectivity index (χ3n) is 4.09. The number of carbonyl (C=O) groups is 1. The summed E-state index contributed by atoms with van der Waals surface area (Å²) < 4.78 is 5.27. The highest BCUT2D eigenvalue weighted by Crippen LogP contribution is 2.21. The van der Waals surface area contributed by atoms with Crippen LogP contribution in [0.5, 0.6) is 0 Å². The summed E-state index contributed by atoms with van der Waals surface area (Å²) in [5.74, 6) is 1.07. The van der Waals surface area contributed by atoms with Gasteiger partial charge in [0.25, 0.3) is 0 Å². The van der Waals surface area contributed by atoms with Crippen LogP contribution >= 0.6 is 0 Å². The van der Waals surface area contributed by atoms with E-state index in [2.05, 4.69) is 25.2 Å². The molecule has 1 amide bonds. The monoisotopic (exact) mass is 323 g/mol. The molecule has 4 rings (SSSR count). The van der Waals surface area contributed by atoms with Gasteiger partial charge in [0.05, 0.1) is 18.3 Å². The third kappa shape index (κ3) is 3.11. The molecule has 3 aromatic rings. The van der Waals surface area contributed by atoms with Gasteiger partial charge in [-0.3, -0.25) is 9.69 Å². The molecule has 0 bridgehead atoms. The predicted octanol–water partition coefficient (Wildman–Crippen LogP) is 2.32. The summed E-state index contributed by atoms with van der Waals surface area (Å²) >= 11 is 0. The number of carbonyl (C=O) groups excluding carboxylic acids is 1. The smallest absolute Gasteiger partial charge is 0.239 e. The number of anilines is 1. The van der Waals surface area contributed by atoms with Crippen LogP contribution in [-0.4, -0.2) is 45.4 Å². The van der Waals surface area contributed by atoms with Gasteiger partial charge < -0.3 is 9.73 Å². The van der Waals surface area contributed by atoms with Crippen LogP contribution in [0.3, 0.4) is 0 Å². The predicted molar refractivity (Wildman–Crippen MR) is 89.3 cm³/mol. The maximum Gasteiger partial charge on any atom is 0.239 e. The van der Waals surface area contributed by atoms with Crippen molar-refractivity contribution in [3.63, 3.8) is 0 Å². The number of aromatic nitrogens is 3. The van der Waals surface area contributed by atoms with Crippen LogP contribution in [-0.2, 0) is 4.79 Å². The lowest BCUT2D eigenvalue weighted by molar-refractivity contribution is -0.117. The molecule has 3 aromatic heterocycles. The molecule has 0 aliphatic carbocycles. The number of likely N-dealkylation sites (tertiary alicyclic amines) is 1. The van der Waals surface area contributed by atoms with Gasteiger partial charge in [-0.1, -0.05) is 0 Å². The van der Waals surface area contributed by atoms with Gasteiger partial charge in [-0.2, -0.15) is 0 Å². The molecule has 1 saturated heterocycles. The molecule has 0 spiro atoms. The summed E-state index contributed by atoms with van der Waals surface area (Å²) in [6, 6.07) is 5.55. The molecule has 0 radical (unpaired) electrons. The number of rotatable bonds is 4. The van der Waals surface area contributed by atoms with E-state index in [0.29, 0.717) is 23.8 Å². The number of oxazole rings is 1. The van der Waals surface area contributed by atoms with Gasteiger partial charge in [0.15, 0.2) is 12.2 Å². The van der Waals surface area contributed by atoms with Crippen molar-refractivity contribution in [3.05, 3.63) is 37.0 Å². The summed E-state index contributed by atoms with van der Waals surface area (Å²) in [5, 5.41) is 3.75. The number of hydrogen-bond donors (Lipinski definition) is 1. The standard InChI is InChI=1S/C17H17N5O2/c23-17(10-22-5-1-2-6-22)21-16-7-14-12(8-19-16)3-4-13(20-14)15-9-18-11-24-15/h3-4,7-9,11H,1-2,5-6,10H2,(H,19,21,23). The van der Waals surface area contributed by atoms with Crippen LogP contribution < -0.4 is 5.32 Å². The van der Waals surface area contributed by atoms with Crippen molar-refractivity contribution < 1.29 is 9.21 Å². The van der Waals surface area contributed by atoms with E-state index in [0.717, 1.165) is 36.8 Å². The van der Waals surface area contributed by atoms with Crippen molar-refractivity contribution >= 4 is 22.6 Å². The molecule has 122 valence electrons. The highest BCUT2D eigenvalue weighted by atomic mass is 16.3. The maximum absolute atomic E-state index is 12.1. The van der Waals surface area contributed by atoms with E-state index in [1.165, 1.54) is 6.39 Å². The van der Waals surface area contributed by atoms with Crippen LogP contribution in [0.1, 0.15) is 12.8 Å². The highest BCUT2D eigenvalue weighted by Gasteiger charge is 2.15. The van der Waals surface area contributed by atoms with Crippen molar-refractivity contribution in [3.8, 4) is 11.5 Å². The first-order valence-corrected chi connectivity index (χ1v) is 7.96. The summed E-state index contributed by atoms with van der Waals surface area (Å²) in [6.07, 6.45) is 7.02. The number of nitrogens with one attached hydrogen (secondary N) is 1. The molecule has 1 aliphatic heterocycles. The number of fused-ring (bicyclic) bond motifs is 1. The average Bonchev–Trinajstić information content (AvgIpc) is 3.27.